The van der Waals surface area contributed by atoms with Crippen molar-refractivity contribution < 1.29 is 31.9 Å². The number of aliphatic hydroxyl groups is 1. The fraction of sp³-hybridized carbons (Fsp3) is 0.583. The highest BCUT2D eigenvalue weighted by atomic mass is 32.1. The second-order valence-electron chi connectivity index (χ2n) is 8.80. The Labute approximate surface area is 206 Å². The molecule has 1 saturated carbocycles. The van der Waals surface area contributed by atoms with Gasteiger partial charge in [-0.05, 0) is 38.0 Å². The molecule has 0 aromatic carbocycles. The topological polar surface area (TPSA) is 74.2 Å². The molecule has 1 aromatic rings. The van der Waals surface area contributed by atoms with Crippen LogP contribution < -0.4 is 10.6 Å². The van der Waals surface area contributed by atoms with E-state index in [4.69, 9.17) is 0 Å². The SMILES string of the molecule is C=C/C=C(\C=C/CC)c1csc(NC(=O)CC2CCC(NCC(O)(C(C)(F)F)C(F)(F)F)CC2)n1. The van der Waals surface area contributed by atoms with Gasteiger partial charge in [0, 0.05) is 36.9 Å². The number of carbonyl (C=O) groups is 1. The molecule has 0 saturated heterocycles. The fourth-order valence-electron chi connectivity index (χ4n) is 3.86. The highest BCUT2D eigenvalue weighted by Gasteiger charge is 2.66. The minimum Gasteiger partial charge on any atom is -0.375 e. The molecule has 1 aliphatic rings. The number of hydrogen-bond acceptors (Lipinski definition) is 5. The van der Waals surface area contributed by atoms with Crippen molar-refractivity contribution in [3.05, 3.63) is 42.0 Å². The van der Waals surface area contributed by atoms with Gasteiger partial charge in [0.15, 0.2) is 5.13 Å². The van der Waals surface area contributed by atoms with Crippen LogP contribution in [-0.2, 0) is 4.79 Å². The van der Waals surface area contributed by atoms with Crippen molar-refractivity contribution in [1.82, 2.24) is 10.3 Å². The molecule has 1 unspecified atom stereocenters. The highest BCUT2D eigenvalue weighted by molar-refractivity contribution is 7.14. The largest absolute Gasteiger partial charge is 0.424 e. The predicted octanol–water partition coefficient (Wildman–Crippen LogP) is 6.10. The van der Waals surface area contributed by atoms with E-state index in [-0.39, 0.29) is 25.2 Å². The molecule has 0 spiro atoms. The molecule has 11 heteroatoms. The molecule has 1 heterocycles. The van der Waals surface area contributed by atoms with Crippen LogP contribution in [0.4, 0.5) is 27.1 Å². The van der Waals surface area contributed by atoms with Gasteiger partial charge in [0.05, 0.1) is 5.69 Å². The molecular formula is C24H32F5N3O2S. The second-order valence-corrected chi connectivity index (χ2v) is 9.66. The summed E-state index contributed by atoms with van der Waals surface area (Å²) in [5.41, 5.74) is -2.54. The van der Waals surface area contributed by atoms with Gasteiger partial charge in [-0.15, -0.1) is 11.3 Å². The molecule has 0 aliphatic heterocycles. The fourth-order valence-corrected chi connectivity index (χ4v) is 4.60. The number of thiazole rings is 1. The van der Waals surface area contributed by atoms with Crippen LogP contribution in [0.5, 0.6) is 0 Å². The lowest BCUT2D eigenvalue weighted by atomic mass is 9.83. The van der Waals surface area contributed by atoms with E-state index in [0.29, 0.717) is 30.8 Å². The summed E-state index contributed by atoms with van der Waals surface area (Å²) in [5.74, 6) is -4.54. The summed E-state index contributed by atoms with van der Waals surface area (Å²) in [5, 5.41) is 17.2. The number of aromatic nitrogens is 1. The molecule has 0 bridgehead atoms. The summed E-state index contributed by atoms with van der Waals surface area (Å²) in [6, 6.07) is -0.446. The first-order chi connectivity index (χ1) is 16.3. The Morgan fingerprint density at radius 3 is 2.46 bits per heavy atom. The zero-order chi connectivity index (χ0) is 26.3. The highest BCUT2D eigenvalue weighted by Crippen LogP contribution is 2.41. The van der Waals surface area contributed by atoms with E-state index >= 15 is 0 Å². The Kier molecular flexibility index (Phi) is 10.2. The van der Waals surface area contributed by atoms with Gasteiger partial charge in [-0.2, -0.15) is 13.2 Å². The first-order valence-electron chi connectivity index (χ1n) is 11.5. The maximum atomic E-state index is 13.5. The molecule has 196 valence electrons. The second kappa shape index (κ2) is 12.2. The number of anilines is 1. The summed E-state index contributed by atoms with van der Waals surface area (Å²) < 4.78 is 66.1. The Hall–Kier alpha value is -2.11. The van der Waals surface area contributed by atoms with Crippen LogP contribution in [0.1, 0.15) is 58.1 Å². The first-order valence-corrected chi connectivity index (χ1v) is 12.3. The monoisotopic (exact) mass is 521 g/mol. The molecule has 1 aromatic heterocycles. The summed E-state index contributed by atoms with van der Waals surface area (Å²) in [6.45, 7) is 4.48. The maximum Gasteiger partial charge on any atom is 0.424 e. The van der Waals surface area contributed by atoms with Crippen LogP contribution in [0.3, 0.4) is 0 Å². The summed E-state index contributed by atoms with van der Waals surface area (Å²) in [4.78, 5) is 16.9. The predicted molar refractivity (Wildman–Crippen MR) is 128 cm³/mol. The van der Waals surface area contributed by atoms with Gasteiger partial charge in [-0.1, -0.05) is 37.8 Å². The third-order valence-corrected chi connectivity index (χ3v) is 6.80. The maximum absolute atomic E-state index is 13.5. The van der Waals surface area contributed by atoms with Crippen molar-refractivity contribution in [3.8, 4) is 0 Å². The zero-order valence-corrected chi connectivity index (χ0v) is 20.6. The normalized spacial score (nSPS) is 21.7. The van der Waals surface area contributed by atoms with Gasteiger partial charge in [0.2, 0.25) is 11.5 Å². The third kappa shape index (κ3) is 7.94. The van der Waals surface area contributed by atoms with E-state index < -0.39 is 30.3 Å². The Morgan fingerprint density at radius 1 is 1.26 bits per heavy atom. The van der Waals surface area contributed by atoms with Gasteiger partial charge in [0.25, 0.3) is 5.92 Å². The summed E-state index contributed by atoms with van der Waals surface area (Å²) >= 11 is 1.30. The molecule has 0 radical (unpaired) electrons. The summed E-state index contributed by atoms with van der Waals surface area (Å²) in [6.07, 6.45) is 4.99. The van der Waals surface area contributed by atoms with Crippen molar-refractivity contribution in [2.75, 3.05) is 11.9 Å². The smallest absolute Gasteiger partial charge is 0.375 e. The standard InChI is InChI=1S/C24H32F5N3O2S/c1-4-6-8-17(7-5-2)19-14-35-21(31-19)32-20(33)13-16-9-11-18(12-10-16)30-15-23(34,22(3,25)26)24(27,28)29/h5-8,14,16,18,30,34H,2,4,9-13,15H2,1,3H3,(H,31,32,33)/b8-6-,17-7+. The number of nitrogens with zero attached hydrogens (tertiary/aromatic N) is 1. The van der Waals surface area contributed by atoms with E-state index in [2.05, 4.69) is 22.2 Å². The molecule has 1 aliphatic carbocycles. The molecule has 35 heavy (non-hydrogen) atoms. The molecular weight excluding hydrogens is 489 g/mol. The van der Waals surface area contributed by atoms with Crippen LogP contribution in [0, 0.1) is 5.92 Å². The quantitative estimate of drug-likeness (QED) is 0.243. The van der Waals surface area contributed by atoms with E-state index in [0.717, 1.165) is 17.7 Å². The van der Waals surface area contributed by atoms with Crippen LogP contribution in [0.15, 0.2) is 36.3 Å². The number of alkyl halides is 5. The van der Waals surface area contributed by atoms with Crippen LogP contribution in [0.25, 0.3) is 5.57 Å². The molecule has 2 rings (SSSR count). The van der Waals surface area contributed by atoms with Gasteiger partial charge in [-0.3, -0.25) is 4.79 Å². The van der Waals surface area contributed by atoms with Gasteiger partial charge in [-0.25, -0.2) is 13.8 Å². The number of nitrogens with one attached hydrogen (secondary N) is 2. The van der Waals surface area contributed by atoms with Crippen molar-refractivity contribution in [2.45, 2.75) is 76.1 Å². The average Bonchev–Trinajstić information content (AvgIpc) is 3.22. The Morgan fingerprint density at radius 2 is 1.91 bits per heavy atom. The van der Waals surface area contributed by atoms with E-state index in [9.17, 15) is 31.9 Å². The van der Waals surface area contributed by atoms with Gasteiger partial charge in [0.1, 0.15) is 0 Å². The third-order valence-electron chi connectivity index (χ3n) is 6.04. The molecule has 5 nitrogen and oxygen atoms in total. The lowest BCUT2D eigenvalue weighted by Crippen LogP contribution is -2.63. The minimum absolute atomic E-state index is 0.0188. The van der Waals surface area contributed by atoms with E-state index in [1.807, 2.05) is 30.5 Å². The minimum atomic E-state index is -5.47. The Balaban J connectivity index is 1.84. The van der Waals surface area contributed by atoms with Crippen LogP contribution in [-0.4, -0.2) is 46.3 Å². The van der Waals surface area contributed by atoms with Crippen molar-refractivity contribution in [1.29, 1.82) is 0 Å². The van der Waals surface area contributed by atoms with Gasteiger partial charge >= 0.3 is 6.18 Å². The molecule has 3 N–H and O–H groups in total. The lowest BCUT2D eigenvalue weighted by Gasteiger charge is -2.37. The number of carbonyl (C=O) groups excluding carboxylic acids is 1. The van der Waals surface area contributed by atoms with Crippen molar-refractivity contribution in [3.63, 3.8) is 0 Å². The molecule has 1 amide bonds. The number of rotatable bonds is 11. The number of hydrogen-bond donors (Lipinski definition) is 3. The van der Waals surface area contributed by atoms with E-state index in [1.165, 1.54) is 11.3 Å². The van der Waals surface area contributed by atoms with Crippen molar-refractivity contribution >= 4 is 27.9 Å². The van der Waals surface area contributed by atoms with Crippen molar-refractivity contribution in [2.24, 2.45) is 5.92 Å². The molecule has 1 fully saturated rings. The van der Waals surface area contributed by atoms with E-state index in [1.54, 1.807) is 6.08 Å². The zero-order valence-electron chi connectivity index (χ0n) is 19.8. The lowest BCUT2D eigenvalue weighted by molar-refractivity contribution is -0.324. The van der Waals surface area contributed by atoms with Gasteiger partial charge < -0.3 is 15.7 Å². The summed E-state index contributed by atoms with van der Waals surface area (Å²) in [7, 11) is 0. The number of amides is 1. The first kappa shape index (κ1) is 29.1. The average molecular weight is 522 g/mol. The number of halogens is 5. The number of allylic oxidation sites excluding steroid dienone is 5. The van der Waals surface area contributed by atoms with Crippen LogP contribution >= 0.6 is 11.3 Å². The Bertz CT molecular complexity index is 899. The van der Waals surface area contributed by atoms with Crippen LogP contribution in [0.2, 0.25) is 0 Å². The molecule has 1 atom stereocenters.